The third kappa shape index (κ3) is 7.74. The molecule has 0 saturated heterocycles. The summed E-state index contributed by atoms with van der Waals surface area (Å²) in [4.78, 5) is 11.5. The highest BCUT2D eigenvalue weighted by Crippen LogP contribution is 2.21. The lowest BCUT2D eigenvalue weighted by Crippen LogP contribution is -2.26. The van der Waals surface area contributed by atoms with Gasteiger partial charge in [-0.2, -0.15) is 0 Å². The highest BCUT2D eigenvalue weighted by Gasteiger charge is 2.21. The smallest absolute Gasteiger partial charge is 0.309 e. The van der Waals surface area contributed by atoms with Gasteiger partial charge in [-0.25, -0.2) is 0 Å². The summed E-state index contributed by atoms with van der Waals surface area (Å²) in [7, 11) is 0. The highest BCUT2D eigenvalue weighted by molar-refractivity contribution is 5.71. The fourth-order valence-electron chi connectivity index (χ4n) is 3.11. The van der Waals surface area contributed by atoms with Crippen molar-refractivity contribution in [3.05, 3.63) is 76.9 Å². The van der Waals surface area contributed by atoms with Crippen LogP contribution in [0.5, 0.6) is 5.75 Å². The fourth-order valence-corrected chi connectivity index (χ4v) is 3.11. The van der Waals surface area contributed by atoms with Crippen molar-refractivity contribution in [2.24, 2.45) is 0 Å². The van der Waals surface area contributed by atoms with Gasteiger partial charge >= 0.3 is 5.97 Å². The zero-order valence-corrected chi connectivity index (χ0v) is 17.9. The summed E-state index contributed by atoms with van der Waals surface area (Å²) in [5.74, 6) is 0.474. The van der Waals surface area contributed by atoms with Crippen LogP contribution in [-0.2, 0) is 22.6 Å². The number of benzene rings is 2. The van der Waals surface area contributed by atoms with Crippen LogP contribution in [0.2, 0.25) is 0 Å². The summed E-state index contributed by atoms with van der Waals surface area (Å²) < 4.78 is 10.8. The van der Waals surface area contributed by atoms with Crippen LogP contribution < -0.4 is 4.74 Å². The van der Waals surface area contributed by atoms with Gasteiger partial charge in [-0.3, -0.25) is 4.79 Å². The first-order chi connectivity index (χ1) is 13.8. The number of hydrogen-bond donors (Lipinski definition) is 1. The summed E-state index contributed by atoms with van der Waals surface area (Å²) in [5, 5.41) is 10.3. The van der Waals surface area contributed by atoms with E-state index in [0.29, 0.717) is 13.2 Å². The molecule has 0 radical (unpaired) electrons. The molecule has 29 heavy (non-hydrogen) atoms. The minimum Gasteiger partial charge on any atom is -0.489 e. The Morgan fingerprint density at radius 1 is 1.10 bits per heavy atom. The summed E-state index contributed by atoms with van der Waals surface area (Å²) >= 11 is 0. The number of carbonyl (C=O) groups is 1. The Morgan fingerprint density at radius 2 is 1.86 bits per heavy atom. The van der Waals surface area contributed by atoms with Crippen molar-refractivity contribution >= 4 is 5.97 Å². The molecule has 2 aromatic rings. The maximum Gasteiger partial charge on any atom is 0.309 e. The number of allylic oxidation sites excluding steroid dienone is 1. The summed E-state index contributed by atoms with van der Waals surface area (Å²) in [5.41, 5.74) is 3.65. The minimum absolute atomic E-state index is 0.0384. The fraction of sp³-hybridized carbons (Fsp3) is 0.400. The second-order valence-electron chi connectivity index (χ2n) is 7.58. The van der Waals surface area contributed by atoms with E-state index in [1.54, 1.807) is 19.9 Å². The zero-order chi connectivity index (χ0) is 21.3. The monoisotopic (exact) mass is 396 g/mol. The highest BCUT2D eigenvalue weighted by atomic mass is 16.5. The quantitative estimate of drug-likeness (QED) is 0.450. The second-order valence-corrected chi connectivity index (χ2v) is 7.58. The lowest BCUT2D eigenvalue weighted by Gasteiger charge is -2.17. The summed E-state index contributed by atoms with van der Waals surface area (Å²) in [6.45, 7) is 8.42. The Labute approximate surface area is 174 Å². The van der Waals surface area contributed by atoms with Crippen molar-refractivity contribution in [1.82, 2.24) is 0 Å². The molecule has 0 fully saturated rings. The number of ether oxygens (including phenoxy) is 2. The van der Waals surface area contributed by atoms with Gasteiger partial charge in [0.25, 0.3) is 0 Å². The van der Waals surface area contributed by atoms with Gasteiger partial charge in [0.1, 0.15) is 12.4 Å². The van der Waals surface area contributed by atoms with Crippen LogP contribution in [0, 0.1) is 13.8 Å². The van der Waals surface area contributed by atoms with Gasteiger partial charge < -0.3 is 14.6 Å². The van der Waals surface area contributed by atoms with E-state index in [2.05, 4.69) is 38.1 Å². The molecule has 0 saturated carbocycles. The van der Waals surface area contributed by atoms with Gasteiger partial charge in [-0.15, -0.1) is 0 Å². The van der Waals surface area contributed by atoms with Crippen molar-refractivity contribution in [1.29, 1.82) is 0 Å². The average Bonchev–Trinajstić information content (AvgIpc) is 2.65. The molecule has 0 aliphatic carbocycles. The lowest BCUT2D eigenvalue weighted by molar-refractivity contribution is -0.146. The third-order valence-electron chi connectivity index (χ3n) is 4.83. The van der Waals surface area contributed by atoms with E-state index in [1.165, 1.54) is 22.3 Å². The van der Waals surface area contributed by atoms with Crippen molar-refractivity contribution in [2.45, 2.75) is 59.2 Å². The number of esters is 1. The van der Waals surface area contributed by atoms with Crippen molar-refractivity contribution in [3.63, 3.8) is 0 Å². The molecule has 0 bridgehead atoms. The first-order valence-corrected chi connectivity index (χ1v) is 10.1. The van der Waals surface area contributed by atoms with Gasteiger partial charge in [0.2, 0.25) is 0 Å². The van der Waals surface area contributed by atoms with Crippen molar-refractivity contribution in [3.8, 4) is 5.75 Å². The van der Waals surface area contributed by atoms with Crippen LogP contribution in [0.15, 0.2) is 54.6 Å². The standard InChI is InChI=1S/C25H32O4/c1-5-28-24(26)17-25(4,27)15-9-8-11-21-13-14-23(16-20(21)3)29-18-22-12-7-6-10-19(22)2/h6-7,9-10,12-16,27H,5,8,11,17-18H2,1-4H3. The van der Waals surface area contributed by atoms with E-state index in [-0.39, 0.29) is 12.4 Å². The summed E-state index contributed by atoms with van der Waals surface area (Å²) in [6.07, 6.45) is 5.20. The number of aryl methyl sites for hydroxylation is 3. The zero-order valence-electron chi connectivity index (χ0n) is 17.9. The molecule has 156 valence electrons. The lowest BCUT2D eigenvalue weighted by atomic mass is 9.99. The van der Waals surface area contributed by atoms with E-state index in [1.807, 2.05) is 24.3 Å². The largest absolute Gasteiger partial charge is 0.489 e. The number of rotatable bonds is 10. The number of aliphatic hydroxyl groups is 1. The van der Waals surface area contributed by atoms with Crippen molar-refractivity contribution < 1.29 is 19.4 Å². The number of carbonyl (C=O) groups excluding carboxylic acids is 1. The molecule has 2 rings (SSSR count). The first-order valence-electron chi connectivity index (χ1n) is 10.1. The minimum atomic E-state index is -1.19. The molecular formula is C25H32O4. The Hall–Kier alpha value is -2.59. The first kappa shape index (κ1) is 22.7. The van der Waals surface area contributed by atoms with Gasteiger partial charge in [-0.1, -0.05) is 42.5 Å². The topological polar surface area (TPSA) is 55.8 Å². The maximum atomic E-state index is 11.5. The molecule has 1 N–H and O–H groups in total. The summed E-state index contributed by atoms with van der Waals surface area (Å²) in [6, 6.07) is 14.4. The van der Waals surface area contributed by atoms with Crippen LogP contribution in [0.3, 0.4) is 0 Å². The van der Waals surface area contributed by atoms with Gasteiger partial charge in [0, 0.05) is 0 Å². The van der Waals surface area contributed by atoms with E-state index in [9.17, 15) is 9.90 Å². The van der Waals surface area contributed by atoms with Gasteiger partial charge in [0.15, 0.2) is 0 Å². The molecule has 4 heteroatoms. The molecule has 1 unspecified atom stereocenters. The van der Waals surface area contributed by atoms with Crippen LogP contribution in [-0.4, -0.2) is 23.3 Å². The SMILES string of the molecule is CCOC(=O)CC(C)(O)C=CCCc1ccc(OCc2ccccc2C)cc1C. The van der Waals surface area contributed by atoms with Crippen LogP contribution in [0.4, 0.5) is 0 Å². The molecule has 0 heterocycles. The molecule has 0 amide bonds. The van der Waals surface area contributed by atoms with E-state index in [0.717, 1.165) is 18.6 Å². The molecule has 1 atom stereocenters. The predicted octanol–water partition coefficient (Wildman–Crippen LogP) is 5.08. The normalized spacial score (nSPS) is 13.3. The van der Waals surface area contributed by atoms with Gasteiger partial charge in [0.05, 0.1) is 18.6 Å². The number of hydrogen-bond acceptors (Lipinski definition) is 4. The van der Waals surface area contributed by atoms with E-state index < -0.39 is 5.60 Å². The molecule has 0 aromatic heterocycles. The van der Waals surface area contributed by atoms with Crippen molar-refractivity contribution in [2.75, 3.05) is 6.61 Å². The van der Waals surface area contributed by atoms with Crippen LogP contribution in [0.25, 0.3) is 0 Å². The second kappa shape index (κ2) is 10.8. The maximum absolute atomic E-state index is 11.5. The molecular weight excluding hydrogens is 364 g/mol. The Balaban J connectivity index is 1.86. The molecule has 0 spiro atoms. The van der Waals surface area contributed by atoms with E-state index >= 15 is 0 Å². The van der Waals surface area contributed by atoms with E-state index in [4.69, 9.17) is 9.47 Å². The van der Waals surface area contributed by atoms with Crippen LogP contribution >= 0.6 is 0 Å². The Kier molecular flexibility index (Phi) is 8.47. The van der Waals surface area contributed by atoms with Crippen LogP contribution in [0.1, 0.15) is 48.9 Å². The van der Waals surface area contributed by atoms with Gasteiger partial charge in [-0.05, 0) is 74.9 Å². The molecule has 0 aliphatic heterocycles. The molecule has 2 aromatic carbocycles. The Morgan fingerprint density at radius 3 is 2.55 bits per heavy atom. The predicted molar refractivity (Wildman–Crippen MR) is 116 cm³/mol. The Bertz CT molecular complexity index is 836. The molecule has 4 nitrogen and oxygen atoms in total. The third-order valence-corrected chi connectivity index (χ3v) is 4.83. The average molecular weight is 397 g/mol. The molecule has 0 aliphatic rings.